The van der Waals surface area contributed by atoms with E-state index in [4.69, 9.17) is 4.42 Å². The molecule has 0 saturated carbocycles. The van der Waals surface area contributed by atoms with Crippen molar-refractivity contribution in [3.8, 4) is 0 Å². The number of carbonyl (C=O) groups excluding carboxylic acids is 2. The molecule has 104 valence electrons. The first-order chi connectivity index (χ1) is 9.06. The third-order valence-electron chi connectivity index (χ3n) is 2.55. The van der Waals surface area contributed by atoms with Crippen LogP contribution in [0.4, 0.5) is 0 Å². The Hall–Kier alpha value is -2.04. The molecule has 0 spiro atoms. The van der Waals surface area contributed by atoms with E-state index in [1.54, 1.807) is 12.1 Å². The number of aryl methyl sites for hydroxylation is 1. The van der Waals surface area contributed by atoms with E-state index in [1.807, 2.05) is 26.8 Å². The first kappa shape index (κ1) is 15.0. The standard InChI is InChI=1S/C14H20N2O3/c1-4-15-13(17)10-16(5-2)14(18)9-8-12-7-6-11(3)19-12/h6-9H,4-5,10H2,1-3H3,(H,15,17)/b9-8+. The Morgan fingerprint density at radius 1 is 1.37 bits per heavy atom. The average molecular weight is 264 g/mol. The van der Waals surface area contributed by atoms with Crippen LogP contribution in [0.15, 0.2) is 22.6 Å². The van der Waals surface area contributed by atoms with E-state index < -0.39 is 0 Å². The second-order valence-corrected chi connectivity index (χ2v) is 4.09. The zero-order chi connectivity index (χ0) is 14.3. The maximum atomic E-state index is 11.9. The van der Waals surface area contributed by atoms with Crippen molar-refractivity contribution in [1.29, 1.82) is 0 Å². The van der Waals surface area contributed by atoms with Crippen molar-refractivity contribution in [3.63, 3.8) is 0 Å². The lowest BCUT2D eigenvalue weighted by Crippen LogP contribution is -2.39. The average Bonchev–Trinajstić information content (AvgIpc) is 2.79. The Morgan fingerprint density at radius 2 is 2.11 bits per heavy atom. The largest absolute Gasteiger partial charge is 0.462 e. The molecule has 0 unspecified atom stereocenters. The Labute approximate surface area is 113 Å². The van der Waals surface area contributed by atoms with Gasteiger partial charge in [-0.25, -0.2) is 0 Å². The number of hydrogen-bond donors (Lipinski definition) is 1. The Morgan fingerprint density at radius 3 is 2.63 bits per heavy atom. The van der Waals surface area contributed by atoms with Gasteiger partial charge in [0.25, 0.3) is 0 Å². The third kappa shape index (κ3) is 4.99. The van der Waals surface area contributed by atoms with E-state index in [-0.39, 0.29) is 18.4 Å². The van der Waals surface area contributed by atoms with Crippen LogP contribution in [-0.2, 0) is 9.59 Å². The van der Waals surface area contributed by atoms with Crippen molar-refractivity contribution < 1.29 is 14.0 Å². The molecule has 0 fully saturated rings. The summed E-state index contributed by atoms with van der Waals surface area (Å²) in [6, 6.07) is 3.62. The highest BCUT2D eigenvalue weighted by atomic mass is 16.3. The number of nitrogens with zero attached hydrogens (tertiary/aromatic N) is 1. The molecule has 5 nitrogen and oxygen atoms in total. The normalized spacial score (nSPS) is 10.7. The minimum absolute atomic E-state index is 0.0741. The van der Waals surface area contributed by atoms with Crippen LogP contribution < -0.4 is 5.32 Å². The number of rotatable bonds is 6. The van der Waals surface area contributed by atoms with Gasteiger partial charge in [0.1, 0.15) is 11.5 Å². The molecule has 0 saturated heterocycles. The van der Waals surface area contributed by atoms with Crippen LogP contribution in [0.25, 0.3) is 6.08 Å². The zero-order valence-electron chi connectivity index (χ0n) is 11.6. The molecule has 1 heterocycles. The molecular formula is C14H20N2O3. The van der Waals surface area contributed by atoms with Crippen molar-refractivity contribution in [3.05, 3.63) is 29.7 Å². The number of hydrogen-bond acceptors (Lipinski definition) is 3. The summed E-state index contributed by atoms with van der Waals surface area (Å²) in [5.41, 5.74) is 0. The quantitative estimate of drug-likeness (QED) is 0.794. The SMILES string of the molecule is CCNC(=O)CN(CC)C(=O)/C=C/c1ccc(C)o1. The van der Waals surface area contributed by atoms with Gasteiger partial charge in [-0.15, -0.1) is 0 Å². The van der Waals surface area contributed by atoms with Crippen LogP contribution in [-0.4, -0.2) is 36.3 Å². The smallest absolute Gasteiger partial charge is 0.247 e. The van der Waals surface area contributed by atoms with E-state index >= 15 is 0 Å². The van der Waals surface area contributed by atoms with Gasteiger partial charge in [0.2, 0.25) is 11.8 Å². The summed E-state index contributed by atoms with van der Waals surface area (Å²) < 4.78 is 5.33. The van der Waals surface area contributed by atoms with E-state index in [2.05, 4.69) is 5.32 Å². The van der Waals surface area contributed by atoms with Gasteiger partial charge in [0.05, 0.1) is 6.54 Å². The molecule has 0 radical (unpaired) electrons. The summed E-state index contributed by atoms with van der Waals surface area (Å²) in [5, 5.41) is 2.67. The van der Waals surface area contributed by atoms with Crippen molar-refractivity contribution in [2.75, 3.05) is 19.6 Å². The van der Waals surface area contributed by atoms with Gasteiger partial charge in [-0.05, 0) is 39.0 Å². The maximum Gasteiger partial charge on any atom is 0.247 e. The fourth-order valence-electron chi connectivity index (χ4n) is 1.57. The van der Waals surface area contributed by atoms with E-state index in [9.17, 15) is 9.59 Å². The molecule has 1 rings (SSSR count). The molecule has 1 aromatic heterocycles. The lowest BCUT2D eigenvalue weighted by atomic mass is 10.3. The molecule has 5 heteroatoms. The molecule has 0 aromatic carbocycles. The molecule has 1 N–H and O–H groups in total. The van der Waals surface area contributed by atoms with Crippen LogP contribution >= 0.6 is 0 Å². The summed E-state index contributed by atoms with van der Waals surface area (Å²) in [4.78, 5) is 24.8. The maximum absolute atomic E-state index is 11.9. The summed E-state index contributed by atoms with van der Waals surface area (Å²) in [6.07, 6.45) is 3.02. The van der Waals surface area contributed by atoms with E-state index in [1.165, 1.54) is 11.0 Å². The van der Waals surface area contributed by atoms with Crippen LogP contribution in [0, 0.1) is 6.92 Å². The molecular weight excluding hydrogens is 244 g/mol. The monoisotopic (exact) mass is 264 g/mol. The first-order valence-electron chi connectivity index (χ1n) is 6.37. The predicted molar refractivity (Wildman–Crippen MR) is 73.4 cm³/mol. The topological polar surface area (TPSA) is 62.6 Å². The predicted octanol–water partition coefficient (Wildman–Crippen LogP) is 1.59. The van der Waals surface area contributed by atoms with Crippen molar-refractivity contribution in [2.45, 2.75) is 20.8 Å². The minimum atomic E-state index is -0.206. The second kappa shape index (κ2) is 7.41. The molecule has 0 aliphatic heterocycles. The van der Waals surface area contributed by atoms with Gasteiger partial charge in [-0.2, -0.15) is 0 Å². The number of nitrogens with one attached hydrogen (secondary N) is 1. The molecule has 0 bridgehead atoms. The Bertz CT molecular complexity index is 463. The highest BCUT2D eigenvalue weighted by molar-refractivity contribution is 5.94. The fraction of sp³-hybridized carbons (Fsp3) is 0.429. The Balaban J connectivity index is 2.58. The van der Waals surface area contributed by atoms with E-state index in [0.29, 0.717) is 18.8 Å². The molecule has 2 amide bonds. The summed E-state index contributed by atoms with van der Waals surface area (Å²) in [5.74, 6) is 1.06. The molecule has 0 atom stereocenters. The van der Waals surface area contributed by atoms with Crippen molar-refractivity contribution in [2.24, 2.45) is 0 Å². The second-order valence-electron chi connectivity index (χ2n) is 4.09. The fourth-order valence-corrected chi connectivity index (χ4v) is 1.57. The third-order valence-corrected chi connectivity index (χ3v) is 2.55. The highest BCUT2D eigenvalue weighted by Gasteiger charge is 2.12. The van der Waals surface area contributed by atoms with Crippen LogP contribution in [0.3, 0.4) is 0 Å². The summed E-state index contributed by atoms with van der Waals surface area (Å²) in [6.45, 7) is 6.64. The number of likely N-dealkylation sites (N-methyl/N-ethyl adjacent to an activating group) is 2. The minimum Gasteiger partial charge on any atom is -0.462 e. The Kier molecular flexibility index (Phi) is 5.85. The van der Waals surface area contributed by atoms with Gasteiger partial charge >= 0.3 is 0 Å². The zero-order valence-corrected chi connectivity index (χ0v) is 11.6. The molecule has 19 heavy (non-hydrogen) atoms. The van der Waals surface area contributed by atoms with Crippen LogP contribution in [0.1, 0.15) is 25.4 Å². The summed E-state index contributed by atoms with van der Waals surface area (Å²) >= 11 is 0. The highest BCUT2D eigenvalue weighted by Crippen LogP contribution is 2.08. The lowest BCUT2D eigenvalue weighted by Gasteiger charge is -2.18. The van der Waals surface area contributed by atoms with Crippen LogP contribution in [0.2, 0.25) is 0 Å². The van der Waals surface area contributed by atoms with Gasteiger partial charge in [-0.1, -0.05) is 0 Å². The van der Waals surface area contributed by atoms with E-state index in [0.717, 1.165) is 5.76 Å². The summed E-state index contributed by atoms with van der Waals surface area (Å²) in [7, 11) is 0. The number of carbonyl (C=O) groups is 2. The van der Waals surface area contributed by atoms with Gasteiger partial charge in [0.15, 0.2) is 0 Å². The number of furan rings is 1. The molecule has 0 aliphatic rings. The lowest BCUT2D eigenvalue weighted by molar-refractivity contribution is -0.132. The van der Waals surface area contributed by atoms with Gasteiger partial charge in [0, 0.05) is 19.2 Å². The molecule has 1 aromatic rings. The van der Waals surface area contributed by atoms with Crippen LogP contribution in [0.5, 0.6) is 0 Å². The number of amides is 2. The molecule has 0 aliphatic carbocycles. The van der Waals surface area contributed by atoms with Gasteiger partial charge < -0.3 is 14.6 Å². The van der Waals surface area contributed by atoms with Crippen molar-refractivity contribution >= 4 is 17.9 Å². The van der Waals surface area contributed by atoms with Crippen molar-refractivity contribution in [1.82, 2.24) is 10.2 Å². The van der Waals surface area contributed by atoms with Gasteiger partial charge in [-0.3, -0.25) is 9.59 Å². The first-order valence-corrected chi connectivity index (χ1v) is 6.37.